The van der Waals surface area contributed by atoms with Crippen LogP contribution in [0.5, 0.6) is 0 Å². The van der Waals surface area contributed by atoms with Crippen LogP contribution in [0.25, 0.3) is 0 Å². The maximum Gasteiger partial charge on any atom is 0.407 e. The molecule has 22 heavy (non-hydrogen) atoms. The predicted octanol–water partition coefficient (Wildman–Crippen LogP) is 0.382. The number of halogens is 1. The molecule has 0 saturated carbocycles. The molecule has 1 unspecified atom stereocenters. The average molecular weight is 314 g/mol. The van der Waals surface area contributed by atoms with Crippen molar-refractivity contribution < 1.29 is 29.1 Å². The van der Waals surface area contributed by atoms with Crippen LogP contribution >= 0.6 is 0 Å². The van der Waals surface area contributed by atoms with Crippen LogP contribution < -0.4 is 4.90 Å². The molecular weight excluding hydrogens is 303 g/mol. The van der Waals surface area contributed by atoms with Crippen molar-refractivity contribution in [1.82, 2.24) is 9.88 Å². The van der Waals surface area contributed by atoms with E-state index in [-0.39, 0.29) is 25.3 Å². The van der Waals surface area contributed by atoms with Crippen LogP contribution in [-0.4, -0.2) is 62.8 Å². The molecule has 0 bridgehead atoms. The number of piperazine rings is 1. The van der Waals surface area contributed by atoms with Gasteiger partial charge >= 0.3 is 17.7 Å². The van der Waals surface area contributed by atoms with Gasteiger partial charge in [-0.1, -0.05) is 0 Å². The summed E-state index contributed by atoms with van der Waals surface area (Å²) < 4.78 is 13.3. The Morgan fingerprint density at radius 3 is 2.64 bits per heavy atom. The van der Waals surface area contributed by atoms with E-state index in [1.54, 1.807) is 0 Å². The Morgan fingerprint density at radius 1 is 1.41 bits per heavy atom. The Kier molecular flexibility index (Phi) is 4.06. The quantitative estimate of drug-likeness (QED) is 0.464. The third-order valence-corrected chi connectivity index (χ3v) is 3.27. The first-order valence-corrected chi connectivity index (χ1v) is 6.08. The van der Waals surface area contributed by atoms with Crippen molar-refractivity contribution in [1.29, 1.82) is 0 Å². The zero-order valence-electron chi connectivity index (χ0n) is 11.0. The molecule has 1 fully saturated rings. The second-order valence-electron chi connectivity index (χ2n) is 4.53. The second-order valence-corrected chi connectivity index (χ2v) is 4.53. The van der Waals surface area contributed by atoms with Gasteiger partial charge in [0.1, 0.15) is 17.9 Å². The lowest BCUT2D eigenvalue weighted by atomic mass is 10.1. The molecule has 11 heteroatoms. The number of carboxylic acid groups (broad SMARTS) is 2. The number of rotatable bonds is 3. The largest absolute Gasteiger partial charge is 0.480 e. The van der Waals surface area contributed by atoms with Gasteiger partial charge in [0.15, 0.2) is 0 Å². The van der Waals surface area contributed by atoms with Gasteiger partial charge < -0.3 is 20.0 Å². The van der Waals surface area contributed by atoms with Crippen LogP contribution in [0.3, 0.4) is 0 Å². The number of carboxylic acids is 1. The highest BCUT2D eigenvalue weighted by Crippen LogP contribution is 2.30. The molecule has 1 aliphatic heterocycles. The molecule has 1 aromatic heterocycles. The molecule has 1 aliphatic rings. The first-order chi connectivity index (χ1) is 10.3. The van der Waals surface area contributed by atoms with Gasteiger partial charge in [0.25, 0.3) is 0 Å². The number of aromatic nitrogens is 1. The van der Waals surface area contributed by atoms with Crippen LogP contribution in [0, 0.1) is 16.1 Å². The van der Waals surface area contributed by atoms with E-state index < -0.39 is 34.7 Å². The molecule has 2 rings (SSSR count). The molecule has 118 valence electrons. The van der Waals surface area contributed by atoms with E-state index in [4.69, 9.17) is 5.11 Å². The fourth-order valence-electron chi connectivity index (χ4n) is 2.24. The highest BCUT2D eigenvalue weighted by molar-refractivity contribution is 5.81. The minimum absolute atomic E-state index is 0.0553. The summed E-state index contributed by atoms with van der Waals surface area (Å²) in [6.07, 6.45) is -0.589. The van der Waals surface area contributed by atoms with Crippen LogP contribution in [0.1, 0.15) is 0 Å². The van der Waals surface area contributed by atoms with Gasteiger partial charge in [-0.2, -0.15) is 4.39 Å². The molecule has 1 atom stereocenters. The normalized spacial score (nSPS) is 18.1. The van der Waals surface area contributed by atoms with E-state index in [2.05, 4.69) is 4.98 Å². The van der Waals surface area contributed by atoms with Crippen LogP contribution in [0.4, 0.5) is 20.6 Å². The van der Waals surface area contributed by atoms with Crippen molar-refractivity contribution >= 4 is 23.4 Å². The number of amides is 1. The first-order valence-electron chi connectivity index (χ1n) is 6.08. The Labute approximate surface area is 122 Å². The summed E-state index contributed by atoms with van der Waals surface area (Å²) in [5, 5.41) is 29.1. The van der Waals surface area contributed by atoms with Crippen molar-refractivity contribution in [3.8, 4) is 0 Å². The molecule has 0 spiro atoms. The fourth-order valence-corrected chi connectivity index (χ4v) is 2.24. The van der Waals surface area contributed by atoms with Gasteiger partial charge in [-0.05, 0) is 0 Å². The topological polar surface area (TPSA) is 137 Å². The maximum absolute atomic E-state index is 13.3. The molecule has 2 N–H and O–H groups in total. The number of hydrogen-bond acceptors (Lipinski definition) is 6. The Balaban J connectivity index is 2.42. The van der Waals surface area contributed by atoms with Crippen molar-refractivity contribution in [2.75, 3.05) is 24.5 Å². The molecule has 10 nitrogen and oxygen atoms in total. The van der Waals surface area contributed by atoms with Gasteiger partial charge in [0, 0.05) is 19.2 Å². The van der Waals surface area contributed by atoms with Crippen molar-refractivity contribution in [2.24, 2.45) is 0 Å². The molecule has 0 aromatic carbocycles. The number of carbonyl (C=O) groups is 2. The fraction of sp³-hybridized carbons (Fsp3) is 0.364. The SMILES string of the molecule is O=C(O)C1CN(C(=O)O)CCN1c1cc(F)ncc1[N+](=O)[O-]. The molecule has 1 amide bonds. The monoisotopic (exact) mass is 314 g/mol. The van der Waals surface area contributed by atoms with E-state index in [9.17, 15) is 29.2 Å². The number of nitrogens with zero attached hydrogens (tertiary/aromatic N) is 4. The Hall–Kier alpha value is -2.98. The Morgan fingerprint density at radius 2 is 2.09 bits per heavy atom. The van der Waals surface area contributed by atoms with E-state index in [0.717, 1.165) is 15.9 Å². The lowest BCUT2D eigenvalue weighted by Gasteiger charge is -2.38. The summed E-state index contributed by atoms with van der Waals surface area (Å²) in [6.45, 7) is -0.556. The second kappa shape index (κ2) is 5.79. The van der Waals surface area contributed by atoms with Gasteiger partial charge in [-0.25, -0.2) is 14.6 Å². The summed E-state index contributed by atoms with van der Waals surface area (Å²) in [4.78, 5) is 37.6. The van der Waals surface area contributed by atoms with Crippen LogP contribution in [0.15, 0.2) is 12.3 Å². The van der Waals surface area contributed by atoms with E-state index in [0.29, 0.717) is 6.20 Å². The predicted molar refractivity (Wildman–Crippen MR) is 69.2 cm³/mol. The van der Waals surface area contributed by atoms with Gasteiger partial charge in [0.2, 0.25) is 5.95 Å². The van der Waals surface area contributed by atoms with Crippen LogP contribution in [0.2, 0.25) is 0 Å². The maximum atomic E-state index is 13.3. The minimum atomic E-state index is -1.36. The third kappa shape index (κ3) is 2.87. The Bertz CT molecular complexity index is 639. The molecule has 1 saturated heterocycles. The molecular formula is C11H11FN4O6. The van der Waals surface area contributed by atoms with Gasteiger partial charge in [-0.15, -0.1) is 0 Å². The lowest BCUT2D eigenvalue weighted by Crippen LogP contribution is -2.57. The number of hydrogen-bond donors (Lipinski definition) is 2. The standard InChI is InChI=1S/C11H11FN4O6/c12-9-3-6(7(4-13-9)16(21)22)15-2-1-14(11(19)20)5-8(15)10(17)18/h3-4,8H,1-2,5H2,(H,17,18)(H,19,20). The summed E-state index contributed by atoms with van der Waals surface area (Å²) in [6, 6.07) is -0.588. The van der Waals surface area contributed by atoms with Crippen molar-refractivity contribution in [2.45, 2.75) is 6.04 Å². The zero-order chi connectivity index (χ0) is 16.4. The smallest absolute Gasteiger partial charge is 0.407 e. The number of pyridine rings is 1. The summed E-state index contributed by atoms with van der Waals surface area (Å²) >= 11 is 0. The summed E-state index contributed by atoms with van der Waals surface area (Å²) in [7, 11) is 0. The van der Waals surface area contributed by atoms with Crippen molar-refractivity contribution in [3.63, 3.8) is 0 Å². The molecule has 1 aromatic rings. The summed E-state index contributed by atoms with van der Waals surface area (Å²) in [5.74, 6) is -2.36. The van der Waals surface area contributed by atoms with E-state index in [1.165, 1.54) is 0 Å². The third-order valence-electron chi connectivity index (χ3n) is 3.27. The molecule has 0 radical (unpaired) electrons. The van der Waals surface area contributed by atoms with Crippen LogP contribution in [-0.2, 0) is 4.79 Å². The van der Waals surface area contributed by atoms with E-state index >= 15 is 0 Å². The molecule has 2 heterocycles. The van der Waals surface area contributed by atoms with Gasteiger partial charge in [-0.3, -0.25) is 10.1 Å². The first kappa shape index (κ1) is 15.4. The minimum Gasteiger partial charge on any atom is -0.480 e. The van der Waals surface area contributed by atoms with E-state index in [1.807, 2.05) is 0 Å². The average Bonchev–Trinajstić information content (AvgIpc) is 2.45. The van der Waals surface area contributed by atoms with Crippen molar-refractivity contribution in [3.05, 3.63) is 28.3 Å². The molecule has 0 aliphatic carbocycles. The lowest BCUT2D eigenvalue weighted by molar-refractivity contribution is -0.384. The zero-order valence-corrected chi connectivity index (χ0v) is 11.0. The number of anilines is 1. The summed E-state index contributed by atoms with van der Waals surface area (Å²) in [5.41, 5.74) is -0.786. The van der Waals surface area contributed by atoms with Gasteiger partial charge in [0.05, 0.1) is 11.5 Å². The highest BCUT2D eigenvalue weighted by atomic mass is 19.1. The number of aliphatic carboxylic acids is 1. The highest BCUT2D eigenvalue weighted by Gasteiger charge is 2.37. The number of nitro groups is 1.